The molecule has 1 aromatic heterocycles. The lowest BCUT2D eigenvalue weighted by Gasteiger charge is -2.39. The van der Waals surface area contributed by atoms with Gasteiger partial charge in [-0.3, -0.25) is 14.4 Å². The summed E-state index contributed by atoms with van der Waals surface area (Å²) in [6.45, 7) is 6.95. The van der Waals surface area contributed by atoms with Gasteiger partial charge in [0.05, 0.1) is 30.5 Å². The first kappa shape index (κ1) is 16.0. The standard InChI is InChI=1S/C19H23N5O/c1-14-10-15(2)24(20-14)17-11-22(12-17)13-19(25)23-9-8-18(21-23)16-6-4-3-5-7-16/h3-7,10,17H,8-9,11-13H2,1-2H3. The Morgan fingerprint density at radius 3 is 2.64 bits per heavy atom. The minimum atomic E-state index is 0.0812. The lowest BCUT2D eigenvalue weighted by molar-refractivity contribution is -0.133. The van der Waals surface area contributed by atoms with E-state index in [-0.39, 0.29) is 5.91 Å². The van der Waals surface area contributed by atoms with Gasteiger partial charge in [0.25, 0.3) is 5.91 Å². The van der Waals surface area contributed by atoms with Crippen molar-refractivity contribution in [3.05, 3.63) is 53.3 Å². The lowest BCUT2D eigenvalue weighted by atomic mass is 10.1. The highest BCUT2D eigenvalue weighted by molar-refractivity contribution is 6.02. The molecule has 0 N–H and O–H groups in total. The van der Waals surface area contributed by atoms with Crippen molar-refractivity contribution in [3.63, 3.8) is 0 Å². The van der Waals surface area contributed by atoms with Crippen LogP contribution in [-0.4, -0.2) is 57.5 Å². The quantitative estimate of drug-likeness (QED) is 0.857. The number of hydrogen-bond acceptors (Lipinski definition) is 4. The predicted octanol–water partition coefficient (Wildman–Crippen LogP) is 1.99. The number of nitrogens with zero attached hydrogens (tertiary/aromatic N) is 5. The molecule has 1 fully saturated rings. The van der Waals surface area contributed by atoms with Crippen molar-refractivity contribution in [2.75, 3.05) is 26.2 Å². The summed E-state index contributed by atoms with van der Waals surface area (Å²) in [5.74, 6) is 0.0812. The summed E-state index contributed by atoms with van der Waals surface area (Å²) in [5.41, 5.74) is 4.33. The number of hydrazone groups is 1. The van der Waals surface area contributed by atoms with Gasteiger partial charge in [-0.1, -0.05) is 30.3 Å². The zero-order valence-electron chi connectivity index (χ0n) is 14.7. The Kier molecular flexibility index (Phi) is 4.13. The largest absolute Gasteiger partial charge is 0.290 e. The molecule has 2 aliphatic heterocycles. The molecule has 0 aliphatic carbocycles. The Hall–Kier alpha value is -2.47. The zero-order chi connectivity index (χ0) is 17.4. The lowest BCUT2D eigenvalue weighted by Crippen LogP contribution is -2.51. The normalized spacial score (nSPS) is 18.3. The number of benzene rings is 1. The average Bonchev–Trinajstić information content (AvgIpc) is 3.18. The molecule has 0 saturated carbocycles. The first-order chi connectivity index (χ1) is 12.1. The van der Waals surface area contributed by atoms with E-state index in [2.05, 4.69) is 32.8 Å². The monoisotopic (exact) mass is 337 g/mol. The van der Waals surface area contributed by atoms with E-state index in [9.17, 15) is 4.79 Å². The molecule has 3 heterocycles. The Balaban J connectivity index is 1.32. The second-order valence-electron chi connectivity index (χ2n) is 6.90. The average molecular weight is 337 g/mol. The number of likely N-dealkylation sites (tertiary alicyclic amines) is 1. The smallest absolute Gasteiger partial charge is 0.256 e. The van der Waals surface area contributed by atoms with Gasteiger partial charge in [-0.05, 0) is 25.5 Å². The van der Waals surface area contributed by atoms with Gasteiger partial charge in [-0.25, -0.2) is 5.01 Å². The van der Waals surface area contributed by atoms with E-state index >= 15 is 0 Å². The van der Waals surface area contributed by atoms with Crippen molar-refractivity contribution in [3.8, 4) is 0 Å². The van der Waals surface area contributed by atoms with E-state index < -0.39 is 0 Å². The van der Waals surface area contributed by atoms with Gasteiger partial charge in [0.1, 0.15) is 0 Å². The first-order valence-corrected chi connectivity index (χ1v) is 8.78. The molecule has 1 amide bonds. The van der Waals surface area contributed by atoms with E-state index in [1.54, 1.807) is 5.01 Å². The number of aromatic nitrogens is 2. The third-order valence-corrected chi connectivity index (χ3v) is 4.88. The van der Waals surface area contributed by atoms with Crippen LogP contribution in [-0.2, 0) is 4.79 Å². The number of rotatable bonds is 4. The zero-order valence-corrected chi connectivity index (χ0v) is 14.7. The van der Waals surface area contributed by atoms with Gasteiger partial charge in [-0.2, -0.15) is 10.2 Å². The van der Waals surface area contributed by atoms with Crippen molar-refractivity contribution in [2.24, 2.45) is 5.10 Å². The molecule has 1 saturated heterocycles. The number of carbonyl (C=O) groups is 1. The van der Waals surface area contributed by atoms with E-state index in [1.807, 2.05) is 37.3 Å². The first-order valence-electron chi connectivity index (χ1n) is 8.78. The molecule has 6 heteroatoms. The fourth-order valence-electron chi connectivity index (χ4n) is 3.59. The molecule has 0 atom stereocenters. The Labute approximate surface area is 147 Å². The summed E-state index contributed by atoms with van der Waals surface area (Å²) < 4.78 is 2.08. The molecule has 1 aromatic carbocycles. The van der Waals surface area contributed by atoms with Gasteiger partial charge >= 0.3 is 0 Å². The third-order valence-electron chi connectivity index (χ3n) is 4.88. The maximum absolute atomic E-state index is 12.5. The van der Waals surface area contributed by atoms with E-state index in [0.29, 0.717) is 19.1 Å². The van der Waals surface area contributed by atoms with Crippen LogP contribution in [0.25, 0.3) is 0 Å². The Bertz CT molecular complexity index is 804. The molecular formula is C19H23N5O. The summed E-state index contributed by atoms with van der Waals surface area (Å²) in [7, 11) is 0. The summed E-state index contributed by atoms with van der Waals surface area (Å²) in [5, 5.41) is 10.7. The second-order valence-corrected chi connectivity index (χ2v) is 6.90. The fourth-order valence-corrected chi connectivity index (χ4v) is 3.59. The van der Waals surface area contributed by atoms with Crippen molar-refractivity contribution >= 4 is 11.6 Å². The fraction of sp³-hybridized carbons (Fsp3) is 0.421. The van der Waals surface area contributed by atoms with Crippen LogP contribution < -0.4 is 0 Å². The van der Waals surface area contributed by atoms with Gasteiger partial charge in [-0.15, -0.1) is 0 Å². The molecule has 4 rings (SSSR count). The summed E-state index contributed by atoms with van der Waals surface area (Å²) >= 11 is 0. The minimum Gasteiger partial charge on any atom is -0.290 e. The third kappa shape index (κ3) is 3.22. The van der Waals surface area contributed by atoms with Crippen LogP contribution in [0.1, 0.15) is 29.4 Å². The highest BCUT2D eigenvalue weighted by Gasteiger charge is 2.32. The van der Waals surface area contributed by atoms with Crippen molar-refractivity contribution in [1.82, 2.24) is 19.7 Å². The maximum atomic E-state index is 12.5. The number of aryl methyl sites for hydroxylation is 2. The van der Waals surface area contributed by atoms with Crippen LogP contribution in [0.5, 0.6) is 0 Å². The molecule has 130 valence electrons. The summed E-state index contributed by atoms with van der Waals surface area (Å²) in [6.07, 6.45) is 0.824. The van der Waals surface area contributed by atoms with Crippen molar-refractivity contribution in [1.29, 1.82) is 0 Å². The van der Waals surface area contributed by atoms with Crippen LogP contribution in [0.4, 0.5) is 0 Å². The number of amides is 1. The molecule has 0 radical (unpaired) electrons. The van der Waals surface area contributed by atoms with Gasteiger partial charge in [0.15, 0.2) is 0 Å². The van der Waals surface area contributed by atoms with Gasteiger partial charge in [0, 0.05) is 25.2 Å². The van der Waals surface area contributed by atoms with Gasteiger partial charge in [0.2, 0.25) is 0 Å². The van der Waals surface area contributed by atoms with Crippen LogP contribution >= 0.6 is 0 Å². The summed E-state index contributed by atoms with van der Waals surface area (Å²) in [6, 6.07) is 12.6. The summed E-state index contributed by atoms with van der Waals surface area (Å²) in [4.78, 5) is 14.7. The molecule has 2 aliphatic rings. The van der Waals surface area contributed by atoms with Crippen LogP contribution in [0.2, 0.25) is 0 Å². The molecular weight excluding hydrogens is 314 g/mol. The highest BCUT2D eigenvalue weighted by atomic mass is 16.2. The topological polar surface area (TPSA) is 53.7 Å². The highest BCUT2D eigenvalue weighted by Crippen LogP contribution is 2.23. The minimum absolute atomic E-state index is 0.0812. The van der Waals surface area contributed by atoms with Gasteiger partial charge < -0.3 is 0 Å². The van der Waals surface area contributed by atoms with E-state index in [4.69, 9.17) is 0 Å². The molecule has 25 heavy (non-hydrogen) atoms. The van der Waals surface area contributed by atoms with Crippen molar-refractivity contribution in [2.45, 2.75) is 26.3 Å². The molecule has 2 aromatic rings. The SMILES string of the molecule is Cc1cc(C)n(C2CN(CC(=O)N3CCC(c4ccccc4)=N3)C2)n1. The van der Waals surface area contributed by atoms with Crippen LogP contribution in [0.3, 0.4) is 0 Å². The Morgan fingerprint density at radius 2 is 1.96 bits per heavy atom. The van der Waals surface area contributed by atoms with Crippen LogP contribution in [0.15, 0.2) is 41.5 Å². The molecule has 0 bridgehead atoms. The molecule has 6 nitrogen and oxygen atoms in total. The van der Waals surface area contributed by atoms with E-state index in [0.717, 1.165) is 36.5 Å². The maximum Gasteiger partial charge on any atom is 0.256 e. The number of carbonyl (C=O) groups excluding carboxylic acids is 1. The number of hydrogen-bond donors (Lipinski definition) is 0. The predicted molar refractivity (Wildman–Crippen MR) is 96.5 cm³/mol. The van der Waals surface area contributed by atoms with Crippen molar-refractivity contribution < 1.29 is 4.79 Å². The Morgan fingerprint density at radius 1 is 1.20 bits per heavy atom. The second kappa shape index (κ2) is 6.44. The van der Waals surface area contributed by atoms with E-state index in [1.165, 1.54) is 5.69 Å². The molecule has 0 unspecified atom stereocenters. The molecule has 0 spiro atoms. The van der Waals surface area contributed by atoms with Crippen LogP contribution in [0, 0.1) is 13.8 Å².